The Morgan fingerprint density at radius 3 is 2.59 bits per heavy atom. The zero-order valence-corrected chi connectivity index (χ0v) is 18.9. The SMILES string of the molecule is C=CC(=O)Nc1cc(Cl)ccc1OCC(=O)N1C[C@H](C)N(Cc2ccc(F)cc2)C[C@H]1C. The minimum atomic E-state index is -0.400. The van der Waals surface area contributed by atoms with Crippen LogP contribution in [0.25, 0.3) is 0 Å². The number of hydrogen-bond donors (Lipinski definition) is 1. The summed E-state index contributed by atoms with van der Waals surface area (Å²) in [7, 11) is 0. The zero-order valence-electron chi connectivity index (χ0n) is 18.2. The lowest BCUT2D eigenvalue weighted by atomic mass is 10.1. The summed E-state index contributed by atoms with van der Waals surface area (Å²) >= 11 is 6.01. The van der Waals surface area contributed by atoms with Gasteiger partial charge in [0.1, 0.15) is 11.6 Å². The van der Waals surface area contributed by atoms with E-state index in [-0.39, 0.29) is 30.4 Å². The molecule has 0 unspecified atom stereocenters. The second-order valence-electron chi connectivity index (χ2n) is 7.92. The van der Waals surface area contributed by atoms with Crippen LogP contribution < -0.4 is 10.1 Å². The maximum Gasteiger partial charge on any atom is 0.260 e. The fraction of sp³-hybridized carbons (Fsp3) is 0.333. The van der Waals surface area contributed by atoms with Crippen molar-refractivity contribution in [1.82, 2.24) is 9.80 Å². The van der Waals surface area contributed by atoms with E-state index in [1.54, 1.807) is 30.3 Å². The molecule has 0 bridgehead atoms. The minimum Gasteiger partial charge on any atom is -0.482 e. The van der Waals surface area contributed by atoms with Gasteiger partial charge in [0.05, 0.1) is 5.69 Å². The third-order valence-electron chi connectivity index (χ3n) is 5.47. The normalized spacial score (nSPS) is 18.8. The first-order chi connectivity index (χ1) is 15.3. The number of carbonyl (C=O) groups is 2. The molecule has 3 rings (SSSR count). The average molecular weight is 460 g/mol. The van der Waals surface area contributed by atoms with Crippen LogP contribution in [0.5, 0.6) is 5.75 Å². The van der Waals surface area contributed by atoms with Crippen molar-refractivity contribution >= 4 is 29.1 Å². The standard InChI is InChI=1S/C24H27ClFN3O3/c1-4-23(30)27-21-11-19(25)7-10-22(21)32-15-24(31)29-13-16(2)28(12-17(29)3)14-18-5-8-20(26)9-6-18/h4-11,16-17H,1,12-15H2,2-3H3,(H,27,30)/t16-,17+/m0/s1. The summed E-state index contributed by atoms with van der Waals surface area (Å²) in [4.78, 5) is 28.7. The lowest BCUT2D eigenvalue weighted by molar-refractivity contribution is -0.139. The Balaban J connectivity index is 1.60. The van der Waals surface area contributed by atoms with Crippen LogP contribution in [0.15, 0.2) is 55.1 Å². The van der Waals surface area contributed by atoms with E-state index in [2.05, 4.69) is 23.7 Å². The van der Waals surface area contributed by atoms with E-state index in [0.717, 1.165) is 11.6 Å². The highest BCUT2D eigenvalue weighted by atomic mass is 35.5. The van der Waals surface area contributed by atoms with Crippen LogP contribution in [0.3, 0.4) is 0 Å². The summed E-state index contributed by atoms with van der Waals surface area (Å²) in [5, 5.41) is 3.06. The molecule has 32 heavy (non-hydrogen) atoms. The molecule has 6 nitrogen and oxygen atoms in total. The van der Waals surface area contributed by atoms with Crippen LogP contribution in [0, 0.1) is 5.82 Å². The Morgan fingerprint density at radius 1 is 1.19 bits per heavy atom. The minimum absolute atomic E-state index is 0.00657. The molecular weight excluding hydrogens is 433 g/mol. The fourth-order valence-corrected chi connectivity index (χ4v) is 3.89. The van der Waals surface area contributed by atoms with Gasteiger partial charge in [-0.25, -0.2) is 4.39 Å². The molecule has 0 aromatic heterocycles. The summed E-state index contributed by atoms with van der Waals surface area (Å²) in [5.41, 5.74) is 1.41. The molecule has 1 N–H and O–H groups in total. The van der Waals surface area contributed by atoms with Crippen LogP contribution in [0.4, 0.5) is 10.1 Å². The number of nitrogens with zero attached hydrogens (tertiary/aromatic N) is 2. The fourth-order valence-electron chi connectivity index (χ4n) is 3.72. The molecule has 2 amide bonds. The van der Waals surface area contributed by atoms with Gasteiger partial charge in [0.15, 0.2) is 6.61 Å². The van der Waals surface area contributed by atoms with Crippen molar-refractivity contribution in [3.05, 3.63) is 71.5 Å². The van der Waals surface area contributed by atoms with Gasteiger partial charge in [-0.2, -0.15) is 0 Å². The summed E-state index contributed by atoms with van der Waals surface area (Å²) in [6, 6.07) is 11.4. The summed E-state index contributed by atoms with van der Waals surface area (Å²) < 4.78 is 18.9. The topological polar surface area (TPSA) is 61.9 Å². The highest BCUT2D eigenvalue weighted by Gasteiger charge is 2.32. The largest absolute Gasteiger partial charge is 0.482 e. The molecule has 1 aliphatic heterocycles. The van der Waals surface area contributed by atoms with Gasteiger partial charge in [0.2, 0.25) is 5.91 Å². The third kappa shape index (κ3) is 6.08. The van der Waals surface area contributed by atoms with Crippen molar-refractivity contribution in [2.75, 3.05) is 25.0 Å². The van der Waals surface area contributed by atoms with Crippen molar-refractivity contribution in [2.24, 2.45) is 0 Å². The van der Waals surface area contributed by atoms with E-state index in [0.29, 0.717) is 36.1 Å². The number of piperazine rings is 1. The third-order valence-corrected chi connectivity index (χ3v) is 5.71. The molecule has 1 fully saturated rings. The summed E-state index contributed by atoms with van der Waals surface area (Å²) in [6.07, 6.45) is 1.14. The molecule has 1 saturated heterocycles. The van der Waals surface area contributed by atoms with Crippen molar-refractivity contribution in [3.63, 3.8) is 0 Å². The number of rotatable bonds is 7. The maximum atomic E-state index is 13.2. The molecule has 2 aromatic carbocycles. The Morgan fingerprint density at radius 2 is 1.91 bits per heavy atom. The maximum absolute atomic E-state index is 13.2. The Kier molecular flexibility index (Phi) is 7.88. The van der Waals surface area contributed by atoms with Crippen molar-refractivity contribution in [1.29, 1.82) is 0 Å². The molecule has 0 radical (unpaired) electrons. The zero-order chi connectivity index (χ0) is 23.3. The van der Waals surface area contributed by atoms with Gasteiger partial charge < -0.3 is 15.0 Å². The van der Waals surface area contributed by atoms with Gasteiger partial charge in [0.25, 0.3) is 5.91 Å². The van der Waals surface area contributed by atoms with Gasteiger partial charge in [-0.05, 0) is 55.8 Å². The van der Waals surface area contributed by atoms with Crippen LogP contribution in [0.2, 0.25) is 5.02 Å². The molecule has 8 heteroatoms. The Hall–Kier alpha value is -2.90. The highest BCUT2D eigenvalue weighted by molar-refractivity contribution is 6.31. The Bertz CT molecular complexity index is 983. The first-order valence-electron chi connectivity index (χ1n) is 10.4. The molecule has 0 spiro atoms. The molecule has 0 saturated carbocycles. The van der Waals surface area contributed by atoms with E-state index in [4.69, 9.17) is 16.3 Å². The van der Waals surface area contributed by atoms with Gasteiger partial charge in [-0.3, -0.25) is 14.5 Å². The number of nitrogens with one attached hydrogen (secondary N) is 1. The summed E-state index contributed by atoms with van der Waals surface area (Å²) in [5.74, 6) is -0.433. The predicted molar refractivity (Wildman–Crippen MR) is 123 cm³/mol. The van der Waals surface area contributed by atoms with Crippen LogP contribution >= 0.6 is 11.6 Å². The van der Waals surface area contributed by atoms with Gasteiger partial charge >= 0.3 is 0 Å². The lowest BCUT2D eigenvalue weighted by Gasteiger charge is -2.44. The Labute approximate surface area is 192 Å². The van der Waals surface area contributed by atoms with E-state index in [1.807, 2.05) is 11.8 Å². The molecule has 1 heterocycles. The van der Waals surface area contributed by atoms with Gasteiger partial charge in [0, 0.05) is 36.7 Å². The number of halogens is 2. The lowest BCUT2D eigenvalue weighted by Crippen LogP contribution is -2.58. The van der Waals surface area contributed by atoms with Gasteiger partial charge in [-0.1, -0.05) is 30.3 Å². The van der Waals surface area contributed by atoms with E-state index >= 15 is 0 Å². The van der Waals surface area contributed by atoms with Crippen LogP contribution in [-0.2, 0) is 16.1 Å². The molecule has 170 valence electrons. The van der Waals surface area contributed by atoms with Crippen LogP contribution in [0.1, 0.15) is 19.4 Å². The molecule has 1 aliphatic rings. The smallest absolute Gasteiger partial charge is 0.260 e. The number of anilines is 1. The number of benzene rings is 2. The van der Waals surface area contributed by atoms with E-state index < -0.39 is 5.91 Å². The number of ether oxygens (including phenoxy) is 1. The van der Waals surface area contributed by atoms with Crippen molar-refractivity contribution < 1.29 is 18.7 Å². The first kappa shape index (κ1) is 23.8. The van der Waals surface area contributed by atoms with Crippen molar-refractivity contribution in [3.8, 4) is 5.75 Å². The quantitative estimate of drug-likeness (QED) is 0.633. The molecular formula is C24H27ClFN3O3. The van der Waals surface area contributed by atoms with Gasteiger partial charge in [-0.15, -0.1) is 0 Å². The average Bonchev–Trinajstić information content (AvgIpc) is 2.76. The molecule has 2 aromatic rings. The van der Waals surface area contributed by atoms with E-state index in [9.17, 15) is 14.0 Å². The molecule has 2 atom stereocenters. The van der Waals surface area contributed by atoms with E-state index in [1.165, 1.54) is 12.1 Å². The second-order valence-corrected chi connectivity index (χ2v) is 8.36. The summed E-state index contributed by atoms with van der Waals surface area (Å²) in [6.45, 7) is 9.29. The number of carbonyl (C=O) groups excluding carboxylic acids is 2. The van der Waals surface area contributed by atoms with Crippen molar-refractivity contribution in [2.45, 2.75) is 32.5 Å². The highest BCUT2D eigenvalue weighted by Crippen LogP contribution is 2.28. The molecule has 0 aliphatic carbocycles. The van der Waals surface area contributed by atoms with Crippen LogP contribution in [-0.4, -0.2) is 53.4 Å². The monoisotopic (exact) mass is 459 g/mol. The number of amides is 2. The second kappa shape index (κ2) is 10.6. The first-order valence-corrected chi connectivity index (χ1v) is 10.8. The number of hydrogen-bond acceptors (Lipinski definition) is 4. The predicted octanol–water partition coefficient (Wildman–Crippen LogP) is 4.10.